The number of carbonyl (C=O) groups excluding carboxylic acids is 2. The quantitative estimate of drug-likeness (QED) is 0.241. The summed E-state index contributed by atoms with van der Waals surface area (Å²) in [6.45, 7) is 7.40. The lowest BCUT2D eigenvalue weighted by molar-refractivity contribution is -0.128. The maximum atomic E-state index is 11.5. The number of nitrogens with one attached hydrogen (secondary N) is 1. The minimum atomic E-state index is -0.356. The molecule has 3 nitrogen and oxygen atoms in total. The third-order valence-corrected chi connectivity index (χ3v) is 4.65. The van der Waals surface area contributed by atoms with Gasteiger partial charge in [-0.3, -0.25) is 14.9 Å². The average Bonchev–Trinajstić information content (AvgIpc) is 2.58. The molecule has 0 bridgehead atoms. The molecule has 0 aromatic carbocycles. The maximum Gasteiger partial charge on any atom is 0.252 e. The number of amides is 2. The summed E-state index contributed by atoms with van der Waals surface area (Å²) < 4.78 is 0. The minimum absolute atomic E-state index is 0.178. The average molecular weight is 352 g/mol. The topological polar surface area (TPSA) is 46.2 Å². The molecule has 0 aromatic heterocycles. The van der Waals surface area contributed by atoms with Crippen LogP contribution < -0.4 is 5.32 Å². The number of carbonyl (C=O) groups is 2. The van der Waals surface area contributed by atoms with Gasteiger partial charge in [0.15, 0.2) is 0 Å². The predicted octanol–water partition coefficient (Wildman–Crippen LogP) is 6.47. The molecule has 0 atom stereocenters. The van der Waals surface area contributed by atoms with Crippen molar-refractivity contribution in [2.24, 2.45) is 0 Å². The smallest absolute Gasteiger partial charge is 0.252 e. The predicted molar refractivity (Wildman–Crippen MR) is 108 cm³/mol. The van der Waals surface area contributed by atoms with Crippen LogP contribution in [0.4, 0.5) is 0 Å². The van der Waals surface area contributed by atoms with Crippen molar-refractivity contribution in [1.29, 1.82) is 0 Å². The van der Waals surface area contributed by atoms with Crippen molar-refractivity contribution >= 4 is 11.8 Å². The van der Waals surface area contributed by atoms with Crippen LogP contribution in [0, 0.1) is 0 Å². The Morgan fingerprint density at radius 3 is 1.40 bits per heavy atom. The third kappa shape index (κ3) is 17.5. The van der Waals surface area contributed by atoms with Crippen LogP contribution in [0.2, 0.25) is 0 Å². The Labute approximate surface area is 156 Å². The standard InChI is InChI=1S/C22H41NO2/c1-4-5-6-7-8-9-10-11-12-13-14-15-16-17-18-19-21(24)23-22(25)20(2)3/h2,4-19H2,1,3H3,(H,23,24,25). The van der Waals surface area contributed by atoms with Gasteiger partial charge in [0, 0.05) is 12.0 Å². The Bertz CT molecular complexity index is 363. The van der Waals surface area contributed by atoms with E-state index in [0.717, 1.165) is 12.8 Å². The number of rotatable bonds is 17. The van der Waals surface area contributed by atoms with E-state index in [1.165, 1.54) is 83.5 Å². The van der Waals surface area contributed by atoms with Gasteiger partial charge in [-0.25, -0.2) is 0 Å². The molecular weight excluding hydrogens is 310 g/mol. The Balaban J connectivity index is 3.20. The first-order valence-electron chi connectivity index (χ1n) is 10.6. The lowest BCUT2D eigenvalue weighted by Gasteiger charge is -2.04. The largest absolute Gasteiger partial charge is 0.293 e. The normalized spacial score (nSPS) is 10.6. The molecule has 2 amide bonds. The summed E-state index contributed by atoms with van der Waals surface area (Å²) in [5.74, 6) is -0.534. The summed E-state index contributed by atoms with van der Waals surface area (Å²) in [4.78, 5) is 22.8. The lowest BCUT2D eigenvalue weighted by atomic mass is 10.0. The van der Waals surface area contributed by atoms with Gasteiger partial charge in [0.05, 0.1) is 0 Å². The van der Waals surface area contributed by atoms with Crippen LogP contribution in [0.5, 0.6) is 0 Å². The molecule has 0 radical (unpaired) electrons. The number of imide groups is 1. The zero-order valence-corrected chi connectivity index (χ0v) is 16.8. The van der Waals surface area contributed by atoms with Gasteiger partial charge in [-0.1, -0.05) is 103 Å². The molecule has 0 unspecified atom stereocenters. The second-order valence-corrected chi connectivity index (χ2v) is 7.36. The Morgan fingerprint density at radius 1 is 0.680 bits per heavy atom. The monoisotopic (exact) mass is 351 g/mol. The number of hydrogen-bond donors (Lipinski definition) is 1. The molecule has 25 heavy (non-hydrogen) atoms. The highest BCUT2D eigenvalue weighted by Crippen LogP contribution is 2.13. The second-order valence-electron chi connectivity index (χ2n) is 7.36. The van der Waals surface area contributed by atoms with E-state index in [2.05, 4.69) is 18.8 Å². The van der Waals surface area contributed by atoms with Crippen LogP contribution in [0.25, 0.3) is 0 Å². The first kappa shape index (κ1) is 23.9. The van der Waals surface area contributed by atoms with Crippen LogP contribution in [-0.2, 0) is 9.59 Å². The van der Waals surface area contributed by atoms with Crippen molar-refractivity contribution in [2.75, 3.05) is 0 Å². The van der Waals surface area contributed by atoms with E-state index >= 15 is 0 Å². The third-order valence-electron chi connectivity index (χ3n) is 4.65. The Kier molecular flexibility index (Phi) is 16.9. The first-order chi connectivity index (χ1) is 12.1. The molecule has 146 valence electrons. The zero-order valence-electron chi connectivity index (χ0n) is 16.8. The molecule has 0 aliphatic heterocycles. The van der Waals surface area contributed by atoms with E-state index in [4.69, 9.17) is 0 Å². The fourth-order valence-electron chi connectivity index (χ4n) is 2.95. The van der Waals surface area contributed by atoms with Gasteiger partial charge in [0.2, 0.25) is 5.91 Å². The summed E-state index contributed by atoms with van der Waals surface area (Å²) >= 11 is 0. The van der Waals surface area contributed by atoms with Crippen LogP contribution in [-0.4, -0.2) is 11.8 Å². The van der Waals surface area contributed by atoms with Crippen molar-refractivity contribution in [3.05, 3.63) is 12.2 Å². The summed E-state index contributed by atoms with van der Waals surface area (Å²) in [5, 5.41) is 2.35. The summed E-state index contributed by atoms with van der Waals surface area (Å²) in [7, 11) is 0. The van der Waals surface area contributed by atoms with Crippen molar-refractivity contribution in [3.8, 4) is 0 Å². The van der Waals surface area contributed by atoms with Crippen LogP contribution in [0.3, 0.4) is 0 Å². The second kappa shape index (κ2) is 17.7. The van der Waals surface area contributed by atoms with Crippen LogP contribution in [0.15, 0.2) is 12.2 Å². The molecule has 0 aromatic rings. The van der Waals surface area contributed by atoms with Crippen molar-refractivity contribution in [1.82, 2.24) is 5.32 Å². The van der Waals surface area contributed by atoms with Gasteiger partial charge in [-0.05, 0) is 13.3 Å². The molecule has 0 rings (SSSR count). The molecule has 0 aliphatic carbocycles. The summed E-state index contributed by atoms with van der Waals surface area (Å²) in [5.41, 5.74) is 0.379. The number of hydrogen-bond acceptors (Lipinski definition) is 2. The first-order valence-corrected chi connectivity index (χ1v) is 10.6. The number of unbranched alkanes of at least 4 members (excludes halogenated alkanes) is 14. The molecule has 1 N–H and O–H groups in total. The van der Waals surface area contributed by atoms with E-state index in [0.29, 0.717) is 12.0 Å². The lowest BCUT2D eigenvalue weighted by Crippen LogP contribution is -2.30. The highest BCUT2D eigenvalue weighted by atomic mass is 16.2. The van der Waals surface area contributed by atoms with Gasteiger partial charge < -0.3 is 0 Å². The van der Waals surface area contributed by atoms with Crippen LogP contribution in [0.1, 0.15) is 117 Å². The maximum absolute atomic E-state index is 11.5. The van der Waals surface area contributed by atoms with Crippen molar-refractivity contribution < 1.29 is 9.59 Å². The summed E-state index contributed by atoms with van der Waals surface area (Å²) in [6.07, 6.45) is 20.1. The fraction of sp³-hybridized carbons (Fsp3) is 0.818. The highest BCUT2D eigenvalue weighted by molar-refractivity contribution is 6.03. The Morgan fingerprint density at radius 2 is 1.04 bits per heavy atom. The molecule has 0 saturated carbocycles. The molecule has 0 saturated heterocycles. The molecule has 0 spiro atoms. The van der Waals surface area contributed by atoms with E-state index in [-0.39, 0.29) is 11.8 Å². The van der Waals surface area contributed by atoms with Gasteiger partial charge >= 0.3 is 0 Å². The van der Waals surface area contributed by atoms with E-state index in [9.17, 15) is 9.59 Å². The van der Waals surface area contributed by atoms with Gasteiger partial charge in [0.1, 0.15) is 0 Å². The SMILES string of the molecule is C=C(C)C(=O)NC(=O)CCCCCCCCCCCCCCCCC. The highest BCUT2D eigenvalue weighted by Gasteiger charge is 2.07. The molecule has 0 fully saturated rings. The van der Waals surface area contributed by atoms with E-state index in [1.807, 2.05) is 0 Å². The van der Waals surface area contributed by atoms with Crippen LogP contribution >= 0.6 is 0 Å². The van der Waals surface area contributed by atoms with E-state index in [1.54, 1.807) is 6.92 Å². The minimum Gasteiger partial charge on any atom is -0.293 e. The Hall–Kier alpha value is -1.12. The molecular formula is C22H41NO2. The molecule has 0 aliphatic rings. The van der Waals surface area contributed by atoms with E-state index < -0.39 is 0 Å². The van der Waals surface area contributed by atoms with Gasteiger partial charge in [0.25, 0.3) is 5.91 Å². The van der Waals surface area contributed by atoms with Crippen molar-refractivity contribution in [2.45, 2.75) is 117 Å². The zero-order chi connectivity index (χ0) is 18.8. The van der Waals surface area contributed by atoms with Gasteiger partial charge in [-0.15, -0.1) is 0 Å². The van der Waals surface area contributed by atoms with Gasteiger partial charge in [-0.2, -0.15) is 0 Å². The molecule has 3 heteroatoms. The summed E-state index contributed by atoms with van der Waals surface area (Å²) in [6, 6.07) is 0. The van der Waals surface area contributed by atoms with Crippen molar-refractivity contribution in [3.63, 3.8) is 0 Å². The molecule has 0 heterocycles. The fourth-order valence-corrected chi connectivity index (χ4v) is 2.95.